The predicted molar refractivity (Wildman–Crippen MR) is 69.7 cm³/mol. The molecule has 0 unspecified atom stereocenters. The highest BCUT2D eigenvalue weighted by Gasteiger charge is 2.22. The lowest BCUT2D eigenvalue weighted by Crippen LogP contribution is -2.11. The minimum absolute atomic E-state index is 0.0248. The van der Waals surface area contributed by atoms with Crippen LogP contribution in [0.25, 0.3) is 0 Å². The lowest BCUT2D eigenvalue weighted by Gasteiger charge is -2.09. The Morgan fingerprint density at radius 1 is 1.39 bits per heavy atom. The molecule has 0 saturated heterocycles. The Kier molecular flexibility index (Phi) is 3.86. The first-order chi connectivity index (χ1) is 8.58. The number of carbonyl (C=O) groups is 1. The first kappa shape index (κ1) is 12.9. The first-order valence-electron chi connectivity index (χ1n) is 5.83. The number of nitrogens with zero attached hydrogens (tertiary/aromatic N) is 1. The van der Waals surface area contributed by atoms with Gasteiger partial charge in [-0.2, -0.15) is 0 Å². The van der Waals surface area contributed by atoms with E-state index in [1.807, 2.05) is 0 Å². The van der Waals surface area contributed by atoms with Gasteiger partial charge in [-0.1, -0.05) is 12.8 Å². The van der Waals surface area contributed by atoms with Gasteiger partial charge in [0.15, 0.2) is 0 Å². The Morgan fingerprint density at radius 3 is 2.61 bits per heavy atom. The summed E-state index contributed by atoms with van der Waals surface area (Å²) in [4.78, 5) is 22.2. The number of amides is 1. The molecule has 1 aliphatic rings. The van der Waals surface area contributed by atoms with E-state index in [4.69, 9.17) is 5.73 Å². The molecule has 1 fully saturated rings. The Morgan fingerprint density at radius 2 is 2.06 bits per heavy atom. The lowest BCUT2D eigenvalue weighted by molar-refractivity contribution is -0.387. The molecule has 18 heavy (non-hydrogen) atoms. The van der Waals surface area contributed by atoms with Crippen molar-refractivity contribution in [2.24, 2.45) is 5.73 Å². The number of thioether (sulfide) groups is 1. The van der Waals surface area contributed by atoms with E-state index in [9.17, 15) is 14.9 Å². The van der Waals surface area contributed by atoms with E-state index in [1.54, 1.807) is 12.1 Å². The van der Waals surface area contributed by atoms with Gasteiger partial charge in [0.1, 0.15) is 0 Å². The van der Waals surface area contributed by atoms with Gasteiger partial charge in [0.2, 0.25) is 5.91 Å². The van der Waals surface area contributed by atoms with E-state index >= 15 is 0 Å². The largest absolute Gasteiger partial charge is 0.366 e. The normalized spacial score (nSPS) is 15.8. The standard InChI is InChI=1S/C12H14N2O3S/c13-12(15)8-5-6-11(10(7-8)14(16)17)18-9-3-1-2-4-9/h5-7,9H,1-4H2,(H2,13,15). The van der Waals surface area contributed by atoms with Crippen LogP contribution < -0.4 is 5.73 Å². The zero-order chi connectivity index (χ0) is 13.1. The van der Waals surface area contributed by atoms with Crippen LogP contribution in [0.4, 0.5) is 5.69 Å². The smallest absolute Gasteiger partial charge is 0.283 e. The van der Waals surface area contributed by atoms with Crippen molar-refractivity contribution in [1.82, 2.24) is 0 Å². The quantitative estimate of drug-likeness (QED) is 0.670. The number of nitro groups is 1. The van der Waals surface area contributed by atoms with Crippen molar-refractivity contribution in [1.29, 1.82) is 0 Å². The van der Waals surface area contributed by atoms with Gasteiger partial charge in [0.05, 0.1) is 9.82 Å². The van der Waals surface area contributed by atoms with Gasteiger partial charge < -0.3 is 5.73 Å². The van der Waals surface area contributed by atoms with Crippen LogP contribution in [-0.4, -0.2) is 16.1 Å². The molecule has 0 radical (unpaired) electrons. The molecular formula is C12H14N2O3S. The number of carbonyl (C=O) groups excluding carboxylic acids is 1. The van der Waals surface area contributed by atoms with E-state index in [0.29, 0.717) is 10.1 Å². The van der Waals surface area contributed by atoms with E-state index in [0.717, 1.165) is 12.8 Å². The van der Waals surface area contributed by atoms with Crippen LogP contribution in [0.2, 0.25) is 0 Å². The summed E-state index contributed by atoms with van der Waals surface area (Å²) < 4.78 is 0. The third-order valence-electron chi connectivity index (χ3n) is 3.04. The number of hydrogen-bond donors (Lipinski definition) is 1. The molecule has 0 spiro atoms. The summed E-state index contributed by atoms with van der Waals surface area (Å²) in [7, 11) is 0. The summed E-state index contributed by atoms with van der Waals surface area (Å²) in [5.74, 6) is -0.643. The topological polar surface area (TPSA) is 86.2 Å². The van der Waals surface area contributed by atoms with E-state index < -0.39 is 10.8 Å². The van der Waals surface area contributed by atoms with Crippen LogP contribution in [-0.2, 0) is 0 Å². The number of nitro benzene ring substituents is 1. The maximum atomic E-state index is 11.0. The van der Waals surface area contributed by atoms with Crippen molar-refractivity contribution in [3.63, 3.8) is 0 Å². The average Bonchev–Trinajstić information content (AvgIpc) is 2.81. The molecule has 1 aromatic rings. The van der Waals surface area contributed by atoms with Crippen LogP contribution in [0.3, 0.4) is 0 Å². The van der Waals surface area contributed by atoms with Gasteiger partial charge in [-0.05, 0) is 25.0 Å². The van der Waals surface area contributed by atoms with Crippen LogP contribution in [0.15, 0.2) is 23.1 Å². The van der Waals surface area contributed by atoms with Gasteiger partial charge in [-0.25, -0.2) is 0 Å². The molecular weight excluding hydrogens is 252 g/mol. The Labute approximate surface area is 109 Å². The highest BCUT2D eigenvalue weighted by molar-refractivity contribution is 8.00. The van der Waals surface area contributed by atoms with E-state index in [1.165, 1.54) is 30.7 Å². The number of hydrogen-bond acceptors (Lipinski definition) is 4. The molecule has 0 heterocycles. The molecule has 2 N–H and O–H groups in total. The second-order valence-corrected chi connectivity index (χ2v) is 5.67. The number of primary amides is 1. The third-order valence-corrected chi connectivity index (χ3v) is 4.44. The Hall–Kier alpha value is -1.56. The molecule has 6 heteroatoms. The average molecular weight is 266 g/mol. The Balaban J connectivity index is 2.28. The summed E-state index contributed by atoms with van der Waals surface area (Å²) in [6.07, 6.45) is 4.56. The highest BCUT2D eigenvalue weighted by atomic mass is 32.2. The first-order valence-corrected chi connectivity index (χ1v) is 6.71. The molecule has 0 atom stereocenters. The molecule has 1 amide bonds. The van der Waals surface area contributed by atoms with Crippen molar-refractivity contribution in [2.45, 2.75) is 35.8 Å². The van der Waals surface area contributed by atoms with Crippen LogP contribution in [0.5, 0.6) is 0 Å². The fraction of sp³-hybridized carbons (Fsp3) is 0.417. The summed E-state index contributed by atoms with van der Waals surface area (Å²) in [6, 6.07) is 4.44. The van der Waals surface area contributed by atoms with Gasteiger partial charge in [0, 0.05) is 16.9 Å². The molecule has 0 aliphatic heterocycles. The lowest BCUT2D eigenvalue weighted by atomic mass is 10.2. The number of rotatable bonds is 4. The zero-order valence-electron chi connectivity index (χ0n) is 9.80. The molecule has 0 bridgehead atoms. The second-order valence-electron chi connectivity index (χ2n) is 4.33. The maximum absolute atomic E-state index is 11.0. The molecule has 1 saturated carbocycles. The molecule has 2 rings (SSSR count). The minimum atomic E-state index is -0.643. The molecule has 1 aromatic carbocycles. The second kappa shape index (κ2) is 5.39. The summed E-state index contributed by atoms with van der Waals surface area (Å²) in [5.41, 5.74) is 5.28. The van der Waals surface area contributed by atoms with Crippen molar-refractivity contribution < 1.29 is 9.72 Å². The summed E-state index contributed by atoms with van der Waals surface area (Å²) in [6.45, 7) is 0. The van der Waals surface area contributed by atoms with Crippen molar-refractivity contribution >= 4 is 23.4 Å². The SMILES string of the molecule is NC(=O)c1ccc(SC2CCCC2)c([N+](=O)[O-])c1. The van der Waals surface area contributed by atoms with Crippen molar-refractivity contribution in [3.05, 3.63) is 33.9 Å². The third kappa shape index (κ3) is 2.81. The zero-order valence-corrected chi connectivity index (χ0v) is 10.6. The maximum Gasteiger partial charge on any atom is 0.283 e. The Bertz CT molecular complexity index is 484. The van der Waals surface area contributed by atoms with Gasteiger partial charge in [-0.15, -0.1) is 11.8 Å². The number of benzene rings is 1. The van der Waals surface area contributed by atoms with Gasteiger partial charge in [0.25, 0.3) is 5.69 Å². The minimum Gasteiger partial charge on any atom is -0.366 e. The summed E-state index contributed by atoms with van der Waals surface area (Å²) in [5, 5.41) is 11.5. The highest BCUT2D eigenvalue weighted by Crippen LogP contribution is 2.39. The molecule has 0 aromatic heterocycles. The van der Waals surface area contributed by atoms with Crippen molar-refractivity contribution in [3.8, 4) is 0 Å². The van der Waals surface area contributed by atoms with E-state index in [2.05, 4.69) is 0 Å². The molecule has 1 aliphatic carbocycles. The molecule has 96 valence electrons. The van der Waals surface area contributed by atoms with Crippen LogP contribution >= 0.6 is 11.8 Å². The van der Waals surface area contributed by atoms with Crippen molar-refractivity contribution in [2.75, 3.05) is 0 Å². The monoisotopic (exact) mass is 266 g/mol. The fourth-order valence-corrected chi connectivity index (χ4v) is 3.43. The predicted octanol–water partition coefficient (Wildman–Crippen LogP) is 2.73. The van der Waals surface area contributed by atoms with Gasteiger partial charge >= 0.3 is 0 Å². The number of nitrogens with two attached hydrogens (primary N) is 1. The van der Waals surface area contributed by atoms with Crippen LogP contribution in [0, 0.1) is 10.1 Å². The summed E-state index contributed by atoms with van der Waals surface area (Å²) >= 11 is 1.53. The van der Waals surface area contributed by atoms with E-state index in [-0.39, 0.29) is 11.3 Å². The fourth-order valence-electron chi connectivity index (χ4n) is 2.10. The van der Waals surface area contributed by atoms with Crippen LogP contribution in [0.1, 0.15) is 36.0 Å². The van der Waals surface area contributed by atoms with Gasteiger partial charge in [-0.3, -0.25) is 14.9 Å². The molecule has 5 nitrogen and oxygen atoms in total.